The SMILES string of the molecule is Cc1nc(C2CNC2)no1. The Morgan fingerprint density at radius 2 is 2.40 bits per heavy atom. The molecule has 1 fully saturated rings. The predicted octanol–water partition coefficient (Wildman–Crippen LogP) is 0.0648. The Labute approximate surface area is 58.6 Å². The van der Waals surface area contributed by atoms with Gasteiger partial charge in [0, 0.05) is 25.9 Å². The molecule has 2 rings (SSSR count). The van der Waals surface area contributed by atoms with E-state index in [1.54, 1.807) is 0 Å². The zero-order chi connectivity index (χ0) is 6.97. The Hall–Kier alpha value is -0.900. The highest BCUT2D eigenvalue weighted by Crippen LogP contribution is 2.15. The van der Waals surface area contributed by atoms with Crippen LogP contribution in [0, 0.1) is 6.92 Å². The van der Waals surface area contributed by atoms with Gasteiger partial charge in [-0.1, -0.05) is 5.16 Å². The van der Waals surface area contributed by atoms with Crippen LogP contribution in [-0.4, -0.2) is 23.2 Å². The summed E-state index contributed by atoms with van der Waals surface area (Å²) >= 11 is 0. The zero-order valence-electron chi connectivity index (χ0n) is 5.79. The molecule has 4 nitrogen and oxygen atoms in total. The minimum Gasteiger partial charge on any atom is -0.340 e. The highest BCUT2D eigenvalue weighted by atomic mass is 16.5. The monoisotopic (exact) mass is 139 g/mol. The lowest BCUT2D eigenvalue weighted by atomic mass is 10.0. The van der Waals surface area contributed by atoms with Crippen molar-refractivity contribution in [3.8, 4) is 0 Å². The molecule has 54 valence electrons. The third-order valence-corrected chi connectivity index (χ3v) is 1.69. The molecule has 1 N–H and O–H groups in total. The van der Waals surface area contributed by atoms with E-state index in [0.717, 1.165) is 18.9 Å². The van der Waals surface area contributed by atoms with Crippen molar-refractivity contribution >= 4 is 0 Å². The molecule has 0 saturated carbocycles. The first-order valence-corrected chi connectivity index (χ1v) is 3.37. The average molecular weight is 139 g/mol. The normalized spacial score (nSPS) is 18.9. The molecule has 0 amide bonds. The number of rotatable bonds is 1. The summed E-state index contributed by atoms with van der Waals surface area (Å²) in [5.41, 5.74) is 0. The van der Waals surface area contributed by atoms with Crippen molar-refractivity contribution in [1.29, 1.82) is 0 Å². The lowest BCUT2D eigenvalue weighted by molar-refractivity contribution is 0.364. The second-order valence-electron chi connectivity index (χ2n) is 2.53. The largest absolute Gasteiger partial charge is 0.340 e. The van der Waals surface area contributed by atoms with Crippen LogP contribution in [0.1, 0.15) is 17.6 Å². The van der Waals surface area contributed by atoms with E-state index in [0.29, 0.717) is 11.8 Å². The van der Waals surface area contributed by atoms with Crippen LogP contribution in [-0.2, 0) is 0 Å². The van der Waals surface area contributed by atoms with Crippen LogP contribution in [0.25, 0.3) is 0 Å². The smallest absolute Gasteiger partial charge is 0.223 e. The highest BCUT2D eigenvalue weighted by molar-refractivity contribution is 5.01. The van der Waals surface area contributed by atoms with Crippen LogP contribution < -0.4 is 5.32 Å². The Kier molecular flexibility index (Phi) is 1.20. The summed E-state index contributed by atoms with van der Waals surface area (Å²) in [6.07, 6.45) is 0. The fraction of sp³-hybridized carbons (Fsp3) is 0.667. The Morgan fingerprint density at radius 1 is 1.60 bits per heavy atom. The van der Waals surface area contributed by atoms with Crippen molar-refractivity contribution in [2.45, 2.75) is 12.8 Å². The van der Waals surface area contributed by atoms with Crippen LogP contribution in [0.5, 0.6) is 0 Å². The Balaban J connectivity index is 2.17. The summed E-state index contributed by atoms with van der Waals surface area (Å²) in [7, 11) is 0. The standard InChI is InChI=1S/C6H9N3O/c1-4-8-6(9-10-4)5-2-7-3-5/h5,7H,2-3H2,1H3. The third-order valence-electron chi connectivity index (χ3n) is 1.69. The molecule has 0 spiro atoms. The van der Waals surface area contributed by atoms with Crippen LogP contribution in [0.4, 0.5) is 0 Å². The first-order valence-electron chi connectivity index (χ1n) is 3.37. The Morgan fingerprint density at radius 3 is 2.80 bits per heavy atom. The fourth-order valence-electron chi connectivity index (χ4n) is 0.952. The molecule has 1 aliphatic rings. The molecule has 4 heteroatoms. The maximum Gasteiger partial charge on any atom is 0.223 e. The van der Waals surface area contributed by atoms with Crippen molar-refractivity contribution in [2.24, 2.45) is 0 Å². The number of nitrogens with one attached hydrogen (secondary N) is 1. The zero-order valence-corrected chi connectivity index (χ0v) is 5.79. The molecule has 1 aliphatic heterocycles. The Bertz CT molecular complexity index is 229. The van der Waals surface area contributed by atoms with Gasteiger partial charge in [-0.2, -0.15) is 4.98 Å². The molecule has 2 heterocycles. The van der Waals surface area contributed by atoms with Crippen LogP contribution in [0.3, 0.4) is 0 Å². The van der Waals surface area contributed by atoms with Gasteiger partial charge >= 0.3 is 0 Å². The summed E-state index contributed by atoms with van der Waals surface area (Å²) in [6.45, 7) is 3.78. The van der Waals surface area contributed by atoms with Crippen molar-refractivity contribution in [2.75, 3.05) is 13.1 Å². The van der Waals surface area contributed by atoms with Crippen LogP contribution in [0.2, 0.25) is 0 Å². The molecule has 1 aromatic rings. The van der Waals surface area contributed by atoms with Crippen molar-refractivity contribution in [3.05, 3.63) is 11.7 Å². The average Bonchev–Trinajstić information content (AvgIpc) is 2.10. The van der Waals surface area contributed by atoms with E-state index in [1.807, 2.05) is 6.92 Å². The van der Waals surface area contributed by atoms with E-state index >= 15 is 0 Å². The van der Waals surface area contributed by atoms with Crippen molar-refractivity contribution < 1.29 is 4.52 Å². The third kappa shape index (κ3) is 0.806. The molecule has 1 aromatic heterocycles. The highest BCUT2D eigenvalue weighted by Gasteiger charge is 2.23. The summed E-state index contributed by atoms with van der Waals surface area (Å²) in [5, 5.41) is 6.96. The fourth-order valence-corrected chi connectivity index (χ4v) is 0.952. The van der Waals surface area contributed by atoms with Gasteiger partial charge in [-0.05, 0) is 0 Å². The summed E-state index contributed by atoms with van der Waals surface area (Å²) in [4.78, 5) is 4.11. The van der Waals surface area contributed by atoms with Gasteiger partial charge in [-0.25, -0.2) is 0 Å². The lowest BCUT2D eigenvalue weighted by Crippen LogP contribution is -2.40. The van der Waals surface area contributed by atoms with Gasteiger partial charge in [0.05, 0.1) is 0 Å². The number of aromatic nitrogens is 2. The maximum absolute atomic E-state index is 4.83. The number of hydrogen-bond donors (Lipinski definition) is 1. The molecular formula is C6H9N3O. The van der Waals surface area contributed by atoms with Crippen molar-refractivity contribution in [1.82, 2.24) is 15.5 Å². The van der Waals surface area contributed by atoms with E-state index in [9.17, 15) is 0 Å². The number of nitrogens with zero attached hydrogens (tertiary/aromatic N) is 2. The van der Waals surface area contributed by atoms with Gasteiger partial charge in [-0.3, -0.25) is 0 Å². The van der Waals surface area contributed by atoms with E-state index in [-0.39, 0.29) is 0 Å². The summed E-state index contributed by atoms with van der Waals surface area (Å²) in [5.74, 6) is 1.98. The molecule has 1 saturated heterocycles. The molecule has 0 aromatic carbocycles. The van der Waals surface area contributed by atoms with Gasteiger partial charge < -0.3 is 9.84 Å². The molecule has 0 aliphatic carbocycles. The van der Waals surface area contributed by atoms with Gasteiger partial charge in [0.1, 0.15) is 0 Å². The van der Waals surface area contributed by atoms with Crippen LogP contribution in [0.15, 0.2) is 4.52 Å². The van der Waals surface area contributed by atoms with E-state index in [2.05, 4.69) is 15.5 Å². The molecular weight excluding hydrogens is 130 g/mol. The number of aryl methyl sites for hydroxylation is 1. The minimum absolute atomic E-state index is 0.484. The van der Waals surface area contributed by atoms with E-state index < -0.39 is 0 Å². The second-order valence-corrected chi connectivity index (χ2v) is 2.53. The maximum atomic E-state index is 4.83. The first kappa shape index (κ1) is 5.85. The quantitative estimate of drug-likeness (QED) is 0.598. The van der Waals surface area contributed by atoms with Gasteiger partial charge in [0.2, 0.25) is 5.89 Å². The molecule has 0 bridgehead atoms. The van der Waals surface area contributed by atoms with Gasteiger partial charge in [0.25, 0.3) is 0 Å². The molecule has 0 radical (unpaired) electrons. The summed E-state index contributed by atoms with van der Waals surface area (Å²) in [6, 6.07) is 0. The molecule has 0 atom stereocenters. The minimum atomic E-state index is 0.484. The predicted molar refractivity (Wildman–Crippen MR) is 34.6 cm³/mol. The van der Waals surface area contributed by atoms with Crippen molar-refractivity contribution in [3.63, 3.8) is 0 Å². The topological polar surface area (TPSA) is 51.0 Å². The lowest BCUT2D eigenvalue weighted by Gasteiger charge is -2.23. The summed E-state index contributed by atoms with van der Waals surface area (Å²) < 4.78 is 4.83. The first-order chi connectivity index (χ1) is 4.86. The van der Waals surface area contributed by atoms with E-state index in [4.69, 9.17) is 4.52 Å². The van der Waals surface area contributed by atoms with Gasteiger partial charge in [0.15, 0.2) is 5.82 Å². The molecule has 10 heavy (non-hydrogen) atoms. The molecule has 0 unspecified atom stereocenters. The van der Waals surface area contributed by atoms with E-state index in [1.165, 1.54) is 0 Å². The number of hydrogen-bond acceptors (Lipinski definition) is 4. The second kappa shape index (κ2) is 2.05. The van der Waals surface area contributed by atoms with Crippen LogP contribution >= 0.6 is 0 Å². The van der Waals surface area contributed by atoms with Gasteiger partial charge in [-0.15, -0.1) is 0 Å².